The number of rotatable bonds is 6. The number of carbonyl (C=O) groups is 1. The Morgan fingerprint density at radius 2 is 1.83 bits per heavy atom. The van der Waals surface area contributed by atoms with Gasteiger partial charge in [-0.3, -0.25) is 9.80 Å². The molecule has 2 saturated heterocycles. The van der Waals surface area contributed by atoms with E-state index in [1.165, 1.54) is 0 Å². The van der Waals surface area contributed by atoms with E-state index in [1.807, 2.05) is 35.3 Å². The van der Waals surface area contributed by atoms with E-state index in [0.717, 1.165) is 24.1 Å². The number of carbonyl (C=O) groups excluding carboxylic acids is 1. The van der Waals surface area contributed by atoms with Crippen LogP contribution in [0.1, 0.15) is 30.4 Å². The molecule has 2 atom stereocenters. The fourth-order valence-electron chi connectivity index (χ4n) is 4.21. The van der Waals surface area contributed by atoms with Crippen LogP contribution >= 0.6 is 23.2 Å². The minimum absolute atomic E-state index is 0.0433. The van der Waals surface area contributed by atoms with Gasteiger partial charge in [-0.25, -0.2) is 5.01 Å². The fourth-order valence-corrected chi connectivity index (χ4v) is 4.84. The Labute approximate surface area is 187 Å². The minimum Gasteiger partial charge on any atom is -0.489 e. The molecule has 0 spiro atoms. The van der Waals surface area contributed by atoms with E-state index in [4.69, 9.17) is 27.9 Å². The summed E-state index contributed by atoms with van der Waals surface area (Å²) >= 11 is 13.1. The van der Waals surface area contributed by atoms with E-state index in [9.17, 15) is 9.90 Å². The summed E-state index contributed by atoms with van der Waals surface area (Å²) in [5, 5.41) is 15.5. The van der Waals surface area contributed by atoms with E-state index in [0.29, 0.717) is 54.8 Å². The number of hydrazine groups is 1. The lowest BCUT2D eigenvalue weighted by atomic mass is 9.89. The highest BCUT2D eigenvalue weighted by atomic mass is 35.5. The first-order valence-corrected chi connectivity index (χ1v) is 11.1. The van der Waals surface area contributed by atoms with Gasteiger partial charge >= 0.3 is 0 Å². The van der Waals surface area contributed by atoms with Crippen molar-refractivity contribution in [2.45, 2.75) is 38.4 Å². The monoisotopic (exact) mass is 448 g/mol. The van der Waals surface area contributed by atoms with Gasteiger partial charge in [-0.05, 0) is 42.5 Å². The molecule has 0 aromatic heterocycles. The van der Waals surface area contributed by atoms with Gasteiger partial charge < -0.3 is 9.84 Å². The molecular formula is C23H26Cl2N2O3. The summed E-state index contributed by atoms with van der Waals surface area (Å²) in [6.45, 7) is 2.51. The molecule has 2 fully saturated rings. The Kier molecular flexibility index (Phi) is 6.84. The van der Waals surface area contributed by atoms with Gasteiger partial charge in [-0.1, -0.05) is 53.5 Å². The van der Waals surface area contributed by atoms with Crippen molar-refractivity contribution in [1.82, 2.24) is 10.0 Å². The first-order valence-electron chi connectivity index (χ1n) is 10.4. The molecule has 2 unspecified atom stereocenters. The van der Waals surface area contributed by atoms with Gasteiger partial charge in [0, 0.05) is 42.0 Å². The normalized spacial score (nSPS) is 22.5. The van der Waals surface area contributed by atoms with Crippen LogP contribution in [0.2, 0.25) is 10.0 Å². The standard InChI is InChI=1S/C23H26Cl2N2O3/c24-20-12-18(30-15-16-5-2-1-3-6-16)13-21(25)19(20)11-17-14-26(10-8-22(17)28)27-9-4-7-23(27)29/h1-3,5-6,12-13,17,22,28H,4,7-11,14-15H2. The Morgan fingerprint density at radius 3 is 2.50 bits per heavy atom. The summed E-state index contributed by atoms with van der Waals surface area (Å²) in [5.74, 6) is 0.741. The minimum atomic E-state index is -0.444. The lowest BCUT2D eigenvalue weighted by Gasteiger charge is -2.40. The van der Waals surface area contributed by atoms with Crippen LogP contribution in [0.15, 0.2) is 42.5 Å². The maximum absolute atomic E-state index is 12.1. The molecule has 0 bridgehead atoms. The van der Waals surface area contributed by atoms with Crippen molar-refractivity contribution >= 4 is 29.1 Å². The maximum atomic E-state index is 12.1. The number of amides is 1. The molecule has 2 aliphatic heterocycles. The lowest BCUT2D eigenvalue weighted by Crippen LogP contribution is -2.52. The Hall–Kier alpha value is -1.79. The van der Waals surface area contributed by atoms with E-state index < -0.39 is 6.10 Å². The Balaban J connectivity index is 1.43. The molecule has 4 rings (SSSR count). The maximum Gasteiger partial charge on any atom is 0.236 e. The summed E-state index contributed by atoms with van der Waals surface area (Å²) in [5.41, 5.74) is 1.87. The lowest BCUT2D eigenvalue weighted by molar-refractivity contribution is -0.150. The summed E-state index contributed by atoms with van der Waals surface area (Å²) < 4.78 is 5.85. The highest BCUT2D eigenvalue weighted by molar-refractivity contribution is 6.36. The van der Waals surface area contributed by atoms with Gasteiger partial charge in [0.15, 0.2) is 0 Å². The summed E-state index contributed by atoms with van der Waals surface area (Å²) in [4.78, 5) is 12.1. The van der Waals surface area contributed by atoms with Gasteiger partial charge in [0.25, 0.3) is 0 Å². The average molecular weight is 449 g/mol. The second-order valence-electron chi connectivity index (χ2n) is 7.99. The van der Waals surface area contributed by atoms with Crippen LogP contribution in [0, 0.1) is 5.92 Å². The Bertz CT molecular complexity index is 870. The largest absolute Gasteiger partial charge is 0.489 e. The highest BCUT2D eigenvalue weighted by Gasteiger charge is 2.34. The number of hydrogen-bond acceptors (Lipinski definition) is 4. The second-order valence-corrected chi connectivity index (χ2v) is 8.81. The quantitative estimate of drug-likeness (QED) is 0.713. The van der Waals surface area contributed by atoms with Crippen molar-refractivity contribution in [2.75, 3.05) is 19.6 Å². The molecule has 160 valence electrons. The molecule has 1 amide bonds. The number of ether oxygens (including phenoxy) is 1. The van der Waals surface area contributed by atoms with Crippen LogP contribution in [0.4, 0.5) is 0 Å². The molecule has 2 aromatic carbocycles. The molecule has 2 aliphatic rings. The molecule has 5 nitrogen and oxygen atoms in total. The number of aliphatic hydroxyl groups excluding tert-OH is 1. The highest BCUT2D eigenvalue weighted by Crippen LogP contribution is 2.34. The number of piperidine rings is 1. The summed E-state index contributed by atoms with van der Waals surface area (Å²) in [6, 6.07) is 13.5. The molecule has 2 heterocycles. The number of halogens is 2. The first kappa shape index (κ1) is 21.4. The molecule has 7 heteroatoms. The molecule has 0 saturated carbocycles. The van der Waals surface area contributed by atoms with Crippen molar-refractivity contribution in [1.29, 1.82) is 0 Å². The number of aliphatic hydroxyl groups is 1. The van der Waals surface area contributed by atoms with Gasteiger partial charge in [0.2, 0.25) is 5.91 Å². The van der Waals surface area contributed by atoms with Crippen molar-refractivity contribution < 1.29 is 14.6 Å². The number of hydrogen-bond donors (Lipinski definition) is 1. The van der Waals surface area contributed by atoms with Crippen molar-refractivity contribution in [3.63, 3.8) is 0 Å². The van der Waals surface area contributed by atoms with E-state index in [1.54, 1.807) is 12.1 Å². The van der Waals surface area contributed by atoms with Crippen LogP contribution in [-0.4, -0.2) is 46.8 Å². The van der Waals surface area contributed by atoms with Gasteiger partial charge in [0.1, 0.15) is 12.4 Å². The molecule has 0 aliphatic carbocycles. The average Bonchev–Trinajstić information content (AvgIpc) is 3.17. The molecular weight excluding hydrogens is 423 g/mol. The van der Waals surface area contributed by atoms with Crippen molar-refractivity contribution in [3.05, 3.63) is 63.6 Å². The number of nitrogens with zero attached hydrogens (tertiary/aromatic N) is 2. The van der Waals surface area contributed by atoms with Crippen molar-refractivity contribution in [2.24, 2.45) is 5.92 Å². The predicted molar refractivity (Wildman–Crippen MR) is 118 cm³/mol. The zero-order valence-corrected chi connectivity index (χ0v) is 18.3. The summed E-state index contributed by atoms with van der Waals surface area (Å²) in [7, 11) is 0. The van der Waals surface area contributed by atoms with Crippen LogP contribution in [0.5, 0.6) is 5.75 Å². The zero-order chi connectivity index (χ0) is 21.1. The SMILES string of the molecule is O=C1CCCN1N1CCC(O)C(Cc2c(Cl)cc(OCc3ccccc3)cc2Cl)C1. The molecule has 2 aromatic rings. The second kappa shape index (κ2) is 9.56. The van der Waals surface area contributed by atoms with E-state index in [-0.39, 0.29) is 11.8 Å². The van der Waals surface area contributed by atoms with Crippen LogP contribution < -0.4 is 4.74 Å². The van der Waals surface area contributed by atoms with Gasteiger partial charge in [-0.2, -0.15) is 0 Å². The summed E-state index contributed by atoms with van der Waals surface area (Å²) in [6.07, 6.45) is 2.23. The van der Waals surface area contributed by atoms with Crippen LogP contribution in [-0.2, 0) is 17.8 Å². The molecule has 1 N–H and O–H groups in total. The van der Waals surface area contributed by atoms with E-state index >= 15 is 0 Å². The van der Waals surface area contributed by atoms with Crippen LogP contribution in [0.25, 0.3) is 0 Å². The van der Waals surface area contributed by atoms with E-state index in [2.05, 4.69) is 5.01 Å². The van der Waals surface area contributed by atoms with Gasteiger partial charge in [0.05, 0.1) is 6.10 Å². The zero-order valence-electron chi connectivity index (χ0n) is 16.8. The Morgan fingerprint density at radius 1 is 1.10 bits per heavy atom. The molecule has 0 radical (unpaired) electrons. The van der Waals surface area contributed by atoms with Crippen LogP contribution in [0.3, 0.4) is 0 Å². The predicted octanol–water partition coefficient (Wildman–Crippen LogP) is 4.34. The smallest absolute Gasteiger partial charge is 0.236 e. The third-order valence-corrected chi connectivity index (χ3v) is 6.57. The number of benzene rings is 2. The third kappa shape index (κ3) is 4.92. The molecule has 30 heavy (non-hydrogen) atoms. The topological polar surface area (TPSA) is 53.0 Å². The van der Waals surface area contributed by atoms with Crippen molar-refractivity contribution in [3.8, 4) is 5.75 Å². The van der Waals surface area contributed by atoms with Gasteiger partial charge in [-0.15, -0.1) is 0 Å². The first-order chi connectivity index (χ1) is 14.5. The third-order valence-electron chi connectivity index (χ3n) is 5.89. The fraction of sp³-hybridized carbons (Fsp3) is 0.435.